The normalized spacial score (nSPS) is 24.9. The Hall–Kier alpha value is -2.93. The van der Waals surface area contributed by atoms with E-state index in [0.717, 1.165) is 35.2 Å². The molecule has 3 aliphatic rings. The molecule has 1 fully saturated rings. The minimum absolute atomic E-state index is 0.0583. The topological polar surface area (TPSA) is 70.7 Å². The number of halogens is 1. The van der Waals surface area contributed by atoms with Gasteiger partial charge in [-0.05, 0) is 54.2 Å². The summed E-state index contributed by atoms with van der Waals surface area (Å²) in [6.45, 7) is 1.14. The van der Waals surface area contributed by atoms with Gasteiger partial charge < -0.3 is 15.4 Å². The van der Waals surface area contributed by atoms with Crippen LogP contribution in [-0.4, -0.2) is 37.7 Å². The SMILES string of the molecule is O=C1COCC(CC2CN(C(=O)NC3CCc4ccc(F)cc43)c3ccccc32)N1. The van der Waals surface area contributed by atoms with E-state index in [4.69, 9.17) is 4.74 Å². The third-order valence-electron chi connectivity index (χ3n) is 6.29. The van der Waals surface area contributed by atoms with Crippen molar-refractivity contribution >= 4 is 17.6 Å². The molecule has 1 saturated heterocycles. The highest BCUT2D eigenvalue weighted by Crippen LogP contribution is 2.39. The number of para-hydroxylation sites is 1. The lowest BCUT2D eigenvalue weighted by molar-refractivity contribution is -0.131. The third-order valence-corrected chi connectivity index (χ3v) is 6.29. The summed E-state index contributed by atoms with van der Waals surface area (Å²) in [7, 11) is 0. The minimum Gasteiger partial charge on any atom is -0.370 e. The van der Waals surface area contributed by atoms with Gasteiger partial charge in [-0.25, -0.2) is 9.18 Å². The van der Waals surface area contributed by atoms with E-state index in [0.29, 0.717) is 19.6 Å². The first-order valence-corrected chi connectivity index (χ1v) is 10.4. The highest BCUT2D eigenvalue weighted by molar-refractivity contribution is 5.95. The van der Waals surface area contributed by atoms with Gasteiger partial charge in [0.05, 0.1) is 18.7 Å². The lowest BCUT2D eigenvalue weighted by Gasteiger charge is -2.26. The Morgan fingerprint density at radius 2 is 2.10 bits per heavy atom. The minimum atomic E-state index is -0.279. The van der Waals surface area contributed by atoms with E-state index in [1.165, 1.54) is 12.1 Å². The maximum atomic E-state index is 13.7. The number of anilines is 1. The second-order valence-corrected chi connectivity index (χ2v) is 8.27. The molecule has 2 aromatic rings. The first kappa shape index (κ1) is 19.1. The molecule has 30 heavy (non-hydrogen) atoms. The number of carbonyl (C=O) groups excluding carboxylic acids is 2. The molecule has 3 unspecified atom stereocenters. The van der Waals surface area contributed by atoms with Crippen molar-refractivity contribution in [3.05, 3.63) is 65.0 Å². The fourth-order valence-corrected chi connectivity index (χ4v) is 4.91. The zero-order valence-corrected chi connectivity index (χ0v) is 16.6. The lowest BCUT2D eigenvalue weighted by atomic mass is 9.94. The van der Waals surface area contributed by atoms with Gasteiger partial charge in [-0.1, -0.05) is 24.3 Å². The van der Waals surface area contributed by atoms with Gasteiger partial charge in [-0.2, -0.15) is 0 Å². The summed E-state index contributed by atoms with van der Waals surface area (Å²) in [5, 5.41) is 6.08. The van der Waals surface area contributed by atoms with Crippen LogP contribution in [0.3, 0.4) is 0 Å². The number of nitrogens with zero attached hydrogens (tertiary/aromatic N) is 1. The summed E-state index contributed by atoms with van der Waals surface area (Å²) in [5.74, 6) is -0.259. The second kappa shape index (κ2) is 7.72. The fraction of sp³-hybridized carbons (Fsp3) is 0.391. The highest BCUT2D eigenvalue weighted by Gasteiger charge is 2.36. The lowest BCUT2D eigenvalue weighted by Crippen LogP contribution is -2.46. The number of hydrogen-bond donors (Lipinski definition) is 2. The largest absolute Gasteiger partial charge is 0.370 e. The molecule has 5 rings (SSSR count). The average Bonchev–Trinajstić information content (AvgIpc) is 3.30. The predicted molar refractivity (Wildman–Crippen MR) is 110 cm³/mol. The van der Waals surface area contributed by atoms with E-state index in [9.17, 15) is 14.0 Å². The van der Waals surface area contributed by atoms with E-state index in [1.54, 1.807) is 11.0 Å². The Labute approximate surface area is 174 Å². The van der Waals surface area contributed by atoms with Crippen molar-refractivity contribution in [1.82, 2.24) is 10.6 Å². The fourth-order valence-electron chi connectivity index (χ4n) is 4.91. The summed E-state index contributed by atoms with van der Waals surface area (Å²) >= 11 is 0. The molecule has 0 saturated carbocycles. The van der Waals surface area contributed by atoms with Crippen LogP contribution in [0.25, 0.3) is 0 Å². The second-order valence-electron chi connectivity index (χ2n) is 8.27. The molecule has 2 aliphatic heterocycles. The quantitative estimate of drug-likeness (QED) is 0.819. The van der Waals surface area contributed by atoms with Crippen LogP contribution in [0.5, 0.6) is 0 Å². The summed E-state index contributed by atoms with van der Waals surface area (Å²) in [4.78, 5) is 26.6. The number of ether oxygens (including phenoxy) is 1. The monoisotopic (exact) mass is 409 g/mol. The number of nitrogens with one attached hydrogen (secondary N) is 2. The van der Waals surface area contributed by atoms with E-state index in [2.05, 4.69) is 10.6 Å². The standard InChI is InChI=1S/C23H24FN3O3/c24-16-7-5-14-6-8-20(19(14)10-16)26-23(29)27-11-15(18-3-1-2-4-21(18)27)9-17-12-30-13-22(28)25-17/h1-5,7,10,15,17,20H,6,8-9,11-13H2,(H,25,28)(H,26,29). The summed E-state index contributed by atoms with van der Waals surface area (Å²) < 4.78 is 19.1. The average molecular weight is 409 g/mol. The highest BCUT2D eigenvalue weighted by atomic mass is 19.1. The molecule has 0 bridgehead atoms. The van der Waals surface area contributed by atoms with Gasteiger partial charge in [0, 0.05) is 18.2 Å². The van der Waals surface area contributed by atoms with Gasteiger partial charge in [-0.3, -0.25) is 9.69 Å². The molecule has 0 spiro atoms. The van der Waals surface area contributed by atoms with Crippen molar-refractivity contribution < 1.29 is 18.7 Å². The van der Waals surface area contributed by atoms with Crippen molar-refractivity contribution in [2.24, 2.45) is 0 Å². The van der Waals surface area contributed by atoms with Crippen LogP contribution in [0.4, 0.5) is 14.9 Å². The predicted octanol–water partition coefficient (Wildman–Crippen LogP) is 3.03. The summed E-state index contributed by atoms with van der Waals surface area (Å²) in [6.07, 6.45) is 2.32. The van der Waals surface area contributed by atoms with Gasteiger partial charge in [-0.15, -0.1) is 0 Å². The Bertz CT molecular complexity index is 995. The zero-order chi connectivity index (χ0) is 20.7. The molecule has 7 heteroatoms. The van der Waals surface area contributed by atoms with Crippen molar-refractivity contribution in [1.29, 1.82) is 0 Å². The molecule has 6 nitrogen and oxygen atoms in total. The Morgan fingerprint density at radius 1 is 1.23 bits per heavy atom. The maximum absolute atomic E-state index is 13.7. The number of morpholine rings is 1. The van der Waals surface area contributed by atoms with Crippen molar-refractivity contribution in [2.45, 2.75) is 37.3 Å². The zero-order valence-electron chi connectivity index (χ0n) is 16.6. The number of hydrogen-bond acceptors (Lipinski definition) is 3. The van der Waals surface area contributed by atoms with E-state index >= 15 is 0 Å². The van der Waals surface area contributed by atoms with E-state index < -0.39 is 0 Å². The van der Waals surface area contributed by atoms with Gasteiger partial charge >= 0.3 is 6.03 Å². The first-order chi connectivity index (χ1) is 14.6. The van der Waals surface area contributed by atoms with E-state index in [-0.39, 0.29) is 42.4 Å². The van der Waals surface area contributed by atoms with Gasteiger partial charge in [0.2, 0.25) is 5.91 Å². The molecule has 2 N–H and O–H groups in total. The Morgan fingerprint density at radius 3 is 2.97 bits per heavy atom. The molecular weight excluding hydrogens is 385 g/mol. The molecule has 1 aliphatic carbocycles. The molecule has 0 radical (unpaired) electrons. The number of aryl methyl sites for hydroxylation is 1. The Kier molecular flexibility index (Phi) is 4.90. The van der Waals surface area contributed by atoms with Crippen LogP contribution >= 0.6 is 0 Å². The molecule has 3 amide bonds. The molecular formula is C23H24FN3O3. The van der Waals surface area contributed by atoms with Gasteiger partial charge in [0.15, 0.2) is 0 Å². The van der Waals surface area contributed by atoms with Crippen molar-refractivity contribution in [3.8, 4) is 0 Å². The van der Waals surface area contributed by atoms with Crippen LogP contribution in [0, 0.1) is 5.82 Å². The Balaban J connectivity index is 1.32. The van der Waals surface area contributed by atoms with E-state index in [1.807, 2.05) is 24.3 Å². The molecule has 2 aromatic carbocycles. The number of carbonyl (C=O) groups is 2. The molecule has 156 valence electrons. The van der Waals surface area contributed by atoms with Crippen LogP contribution in [-0.2, 0) is 16.0 Å². The summed E-state index contributed by atoms with van der Waals surface area (Å²) in [6, 6.07) is 12.3. The third kappa shape index (κ3) is 3.54. The number of fused-ring (bicyclic) bond motifs is 2. The van der Waals surface area contributed by atoms with Crippen LogP contribution in [0.1, 0.15) is 41.5 Å². The smallest absolute Gasteiger partial charge is 0.322 e. The van der Waals surface area contributed by atoms with Crippen LogP contribution in [0.2, 0.25) is 0 Å². The number of urea groups is 1. The number of rotatable bonds is 3. The molecule has 3 atom stereocenters. The van der Waals surface area contributed by atoms with Crippen LogP contribution < -0.4 is 15.5 Å². The van der Waals surface area contributed by atoms with Crippen molar-refractivity contribution in [2.75, 3.05) is 24.7 Å². The molecule has 2 heterocycles. The summed E-state index contributed by atoms with van der Waals surface area (Å²) in [5.41, 5.74) is 3.95. The maximum Gasteiger partial charge on any atom is 0.322 e. The first-order valence-electron chi connectivity index (χ1n) is 10.4. The number of amides is 3. The number of benzene rings is 2. The van der Waals surface area contributed by atoms with Gasteiger partial charge in [0.25, 0.3) is 0 Å². The van der Waals surface area contributed by atoms with Crippen LogP contribution in [0.15, 0.2) is 42.5 Å². The van der Waals surface area contributed by atoms with Gasteiger partial charge in [0.1, 0.15) is 12.4 Å². The molecule has 0 aromatic heterocycles. The van der Waals surface area contributed by atoms with Crippen molar-refractivity contribution in [3.63, 3.8) is 0 Å².